The van der Waals surface area contributed by atoms with Crippen LogP contribution in [-0.4, -0.2) is 116 Å². The fourth-order valence-electron chi connectivity index (χ4n) is 3.10. The van der Waals surface area contributed by atoms with Gasteiger partial charge in [0.1, 0.15) is 42.7 Å². The van der Waals surface area contributed by atoms with Gasteiger partial charge in [-0.25, -0.2) is 0 Å². The van der Waals surface area contributed by atoms with Gasteiger partial charge in [0, 0.05) is 6.92 Å². The molecule has 0 bridgehead atoms. The molecule has 2 aliphatic heterocycles. The fraction of sp³-hybridized carbons (Fsp3) is 0.929. The van der Waals surface area contributed by atoms with Crippen LogP contribution in [0.5, 0.6) is 0 Å². The zero-order valence-electron chi connectivity index (χ0n) is 14.5. The van der Waals surface area contributed by atoms with Crippen molar-refractivity contribution in [1.82, 2.24) is 5.32 Å². The maximum absolute atomic E-state index is 11.3. The van der Waals surface area contributed by atoms with Gasteiger partial charge >= 0.3 is 0 Å². The van der Waals surface area contributed by atoms with Crippen LogP contribution in [0, 0.1) is 0 Å². The molecule has 0 aliphatic carbocycles. The predicted molar refractivity (Wildman–Crippen MR) is 83.3 cm³/mol. The first-order valence-corrected chi connectivity index (χ1v) is 8.23. The molecule has 27 heavy (non-hydrogen) atoms. The molecule has 0 aromatic carbocycles. The largest absolute Gasteiger partial charge is 0.394 e. The van der Waals surface area contributed by atoms with E-state index in [2.05, 4.69) is 5.32 Å². The average molecular weight is 398 g/mol. The molecule has 0 radical (unpaired) electrons. The van der Waals surface area contributed by atoms with Crippen LogP contribution in [0.15, 0.2) is 0 Å². The number of carbonyl (C=O) groups excluding carboxylic acids is 1. The molecular weight excluding hydrogens is 372 g/mol. The third-order valence-electron chi connectivity index (χ3n) is 4.56. The van der Waals surface area contributed by atoms with Crippen LogP contribution in [0.4, 0.5) is 0 Å². The minimum atomic E-state index is -2.49. The monoisotopic (exact) mass is 398 g/mol. The maximum atomic E-state index is 11.3. The molecule has 1 amide bonds. The number of aliphatic hydroxyl groups excluding tert-OH is 6. The number of nitrogens with one attached hydrogen (secondary N) is 1. The topological polar surface area (TPSA) is 224 Å². The molecule has 0 saturated carbocycles. The van der Waals surface area contributed by atoms with Crippen molar-refractivity contribution in [3.05, 3.63) is 0 Å². The van der Waals surface area contributed by atoms with Gasteiger partial charge in [0.05, 0.1) is 13.2 Å². The Bertz CT molecular complexity index is 519. The molecule has 2 saturated heterocycles. The summed E-state index contributed by atoms with van der Waals surface area (Å²) in [5.74, 6) is -0.652. The Morgan fingerprint density at radius 1 is 1.07 bits per heavy atom. The van der Waals surface area contributed by atoms with E-state index in [-0.39, 0.29) is 0 Å². The molecule has 2 aliphatic rings. The SMILES string of the molecule is CC(=O)N[C@H]1C(O)O[C@H](CO)[C@@H](O[C@@H]2O[C@H](CO)[C@H](O)[C@H](O)[C@H]2O)[C@]1(N)O. The quantitative estimate of drug-likeness (QED) is 0.197. The van der Waals surface area contributed by atoms with Crippen molar-refractivity contribution in [3.63, 3.8) is 0 Å². The van der Waals surface area contributed by atoms with E-state index < -0.39 is 80.1 Å². The zero-order valence-corrected chi connectivity index (χ0v) is 14.5. The molecule has 2 fully saturated rings. The Balaban J connectivity index is 2.26. The third kappa shape index (κ3) is 4.38. The van der Waals surface area contributed by atoms with Gasteiger partial charge in [-0.15, -0.1) is 0 Å². The van der Waals surface area contributed by atoms with Crippen LogP contribution in [-0.2, 0) is 19.0 Å². The van der Waals surface area contributed by atoms with Crippen molar-refractivity contribution < 1.29 is 54.8 Å². The van der Waals surface area contributed by atoms with E-state index >= 15 is 0 Å². The molecule has 10 atom stereocenters. The molecule has 2 heterocycles. The van der Waals surface area contributed by atoms with Crippen molar-refractivity contribution in [1.29, 1.82) is 0 Å². The highest BCUT2D eigenvalue weighted by atomic mass is 16.7. The van der Waals surface area contributed by atoms with Crippen molar-refractivity contribution in [2.75, 3.05) is 13.2 Å². The second kappa shape index (κ2) is 8.59. The number of rotatable bonds is 5. The minimum absolute atomic E-state index is 0.652. The summed E-state index contributed by atoms with van der Waals surface area (Å²) in [6.07, 6.45) is -13.0. The van der Waals surface area contributed by atoms with Gasteiger partial charge in [-0.3, -0.25) is 10.5 Å². The van der Waals surface area contributed by atoms with Crippen molar-refractivity contribution in [2.45, 2.75) is 67.9 Å². The summed E-state index contributed by atoms with van der Waals surface area (Å²) in [7, 11) is 0. The predicted octanol–water partition coefficient (Wildman–Crippen LogP) is -5.97. The highest BCUT2D eigenvalue weighted by molar-refractivity contribution is 5.73. The minimum Gasteiger partial charge on any atom is -0.394 e. The molecule has 13 nitrogen and oxygen atoms in total. The number of amides is 1. The second-order valence-corrected chi connectivity index (χ2v) is 6.57. The van der Waals surface area contributed by atoms with Crippen LogP contribution in [0.25, 0.3) is 0 Å². The summed E-state index contributed by atoms with van der Waals surface area (Å²) in [5, 5.41) is 71.2. The number of hydrogen-bond acceptors (Lipinski definition) is 12. The van der Waals surface area contributed by atoms with E-state index in [1.54, 1.807) is 0 Å². The van der Waals surface area contributed by atoms with E-state index in [0.717, 1.165) is 6.92 Å². The van der Waals surface area contributed by atoms with E-state index in [0.29, 0.717) is 0 Å². The van der Waals surface area contributed by atoms with Gasteiger partial charge < -0.3 is 55.3 Å². The lowest BCUT2D eigenvalue weighted by atomic mass is 9.90. The Hall–Kier alpha value is -0.970. The van der Waals surface area contributed by atoms with Gasteiger partial charge in [0.15, 0.2) is 18.3 Å². The molecule has 0 aromatic heterocycles. The van der Waals surface area contributed by atoms with Crippen LogP contribution in [0.3, 0.4) is 0 Å². The summed E-state index contributed by atoms with van der Waals surface area (Å²) in [4.78, 5) is 11.3. The molecule has 0 spiro atoms. The summed E-state index contributed by atoms with van der Waals surface area (Å²) in [5.41, 5.74) is 3.34. The number of ether oxygens (including phenoxy) is 3. The van der Waals surface area contributed by atoms with Crippen LogP contribution < -0.4 is 11.1 Å². The number of nitrogens with two attached hydrogens (primary N) is 1. The molecular formula is C14H26N2O11. The zero-order chi connectivity index (χ0) is 20.5. The van der Waals surface area contributed by atoms with Gasteiger partial charge in [0.2, 0.25) is 5.91 Å². The highest BCUT2D eigenvalue weighted by Crippen LogP contribution is 2.31. The first kappa shape index (κ1) is 22.3. The van der Waals surface area contributed by atoms with Gasteiger partial charge in [-0.05, 0) is 0 Å². The Labute approximate surface area is 153 Å². The summed E-state index contributed by atoms with van der Waals surface area (Å²) in [6.45, 7) is -0.380. The summed E-state index contributed by atoms with van der Waals surface area (Å²) >= 11 is 0. The van der Waals surface area contributed by atoms with Crippen molar-refractivity contribution >= 4 is 5.91 Å². The lowest BCUT2D eigenvalue weighted by Crippen LogP contribution is -2.77. The lowest BCUT2D eigenvalue weighted by Gasteiger charge is -2.50. The molecule has 158 valence electrons. The molecule has 13 heteroatoms. The van der Waals surface area contributed by atoms with E-state index in [9.17, 15) is 40.5 Å². The molecule has 1 unspecified atom stereocenters. The van der Waals surface area contributed by atoms with Crippen molar-refractivity contribution in [3.8, 4) is 0 Å². The molecule has 10 N–H and O–H groups in total. The normalized spacial score (nSPS) is 48.3. The highest BCUT2D eigenvalue weighted by Gasteiger charge is 2.57. The van der Waals surface area contributed by atoms with Gasteiger partial charge in [-0.1, -0.05) is 0 Å². The number of hydrogen-bond donors (Lipinski definition) is 9. The van der Waals surface area contributed by atoms with Crippen LogP contribution >= 0.6 is 0 Å². The fourth-order valence-corrected chi connectivity index (χ4v) is 3.10. The lowest BCUT2D eigenvalue weighted by molar-refractivity contribution is -0.360. The smallest absolute Gasteiger partial charge is 0.217 e. The van der Waals surface area contributed by atoms with E-state index in [1.807, 2.05) is 0 Å². The Morgan fingerprint density at radius 2 is 1.67 bits per heavy atom. The maximum Gasteiger partial charge on any atom is 0.217 e. The summed E-state index contributed by atoms with van der Waals surface area (Å²) in [6, 6.07) is -1.56. The van der Waals surface area contributed by atoms with Gasteiger partial charge in [0.25, 0.3) is 0 Å². The third-order valence-corrected chi connectivity index (χ3v) is 4.56. The average Bonchev–Trinajstić information content (AvgIpc) is 2.60. The Kier molecular flexibility index (Phi) is 7.10. The summed E-state index contributed by atoms with van der Waals surface area (Å²) < 4.78 is 15.7. The van der Waals surface area contributed by atoms with Crippen LogP contribution in [0.2, 0.25) is 0 Å². The number of aliphatic hydroxyl groups is 7. The second-order valence-electron chi connectivity index (χ2n) is 6.57. The standard InChI is InChI=1S/C14H26N2O11/c1-4(19)16-10-12(23)25-6(3-18)11(14(10,15)24)27-13-9(22)8(21)7(20)5(2-17)26-13/h5-13,17-18,20-24H,2-3,15H2,1H3,(H,16,19)/t5-,6-,7+,8+,9-,10+,11-,12?,13+,14-/m1/s1. The molecule has 0 aromatic rings. The van der Waals surface area contributed by atoms with Crippen LogP contribution in [0.1, 0.15) is 6.92 Å². The number of carbonyl (C=O) groups is 1. The molecule has 2 rings (SSSR count). The Morgan fingerprint density at radius 3 is 2.19 bits per heavy atom. The van der Waals surface area contributed by atoms with Crippen molar-refractivity contribution in [2.24, 2.45) is 5.73 Å². The first-order chi connectivity index (χ1) is 12.5. The first-order valence-electron chi connectivity index (χ1n) is 8.23. The van der Waals surface area contributed by atoms with Gasteiger partial charge in [-0.2, -0.15) is 0 Å². The van der Waals surface area contributed by atoms with E-state index in [4.69, 9.17) is 19.9 Å². The van der Waals surface area contributed by atoms with E-state index in [1.165, 1.54) is 0 Å².